The number of benzene rings is 1. The molecule has 140 valence electrons. The molecule has 2 aliphatic heterocycles. The number of thioether (sulfide) groups is 1. The lowest BCUT2D eigenvalue weighted by molar-refractivity contribution is 0.0315. The summed E-state index contributed by atoms with van der Waals surface area (Å²) in [5.74, 6) is 0.810. The Morgan fingerprint density at radius 3 is 2.73 bits per heavy atom. The summed E-state index contributed by atoms with van der Waals surface area (Å²) in [6, 6.07) is 5.26. The molecule has 1 aromatic carbocycles. The summed E-state index contributed by atoms with van der Waals surface area (Å²) in [5, 5.41) is 1.92. The number of rotatable bonds is 5. The lowest BCUT2D eigenvalue weighted by Gasteiger charge is -2.23. The maximum Gasteiger partial charge on any atom is 0.262 e. The van der Waals surface area contributed by atoms with Crippen LogP contribution in [0.5, 0.6) is 0 Å². The molecule has 2 saturated heterocycles. The van der Waals surface area contributed by atoms with Crippen molar-refractivity contribution in [1.82, 2.24) is 9.55 Å². The SMILES string of the molecule is O=c1c2ccc(Cl)cc2nc(SC[C@H]2CCCCO2)n1C[C@@H]1CCCO1. The zero-order chi connectivity index (χ0) is 17.9. The van der Waals surface area contributed by atoms with E-state index in [4.69, 9.17) is 26.1 Å². The van der Waals surface area contributed by atoms with Crippen LogP contribution in [0.3, 0.4) is 0 Å². The molecule has 2 fully saturated rings. The molecule has 0 saturated carbocycles. The van der Waals surface area contributed by atoms with Gasteiger partial charge in [-0.25, -0.2) is 4.98 Å². The highest BCUT2D eigenvalue weighted by Crippen LogP contribution is 2.25. The van der Waals surface area contributed by atoms with Crippen molar-refractivity contribution in [1.29, 1.82) is 0 Å². The topological polar surface area (TPSA) is 53.3 Å². The van der Waals surface area contributed by atoms with Gasteiger partial charge >= 0.3 is 0 Å². The summed E-state index contributed by atoms with van der Waals surface area (Å²) < 4.78 is 13.4. The molecule has 26 heavy (non-hydrogen) atoms. The van der Waals surface area contributed by atoms with Crippen molar-refractivity contribution < 1.29 is 9.47 Å². The van der Waals surface area contributed by atoms with Crippen LogP contribution in [0.25, 0.3) is 10.9 Å². The largest absolute Gasteiger partial charge is 0.377 e. The van der Waals surface area contributed by atoms with Crippen LogP contribution in [-0.2, 0) is 16.0 Å². The summed E-state index contributed by atoms with van der Waals surface area (Å²) in [5.41, 5.74) is 0.632. The highest BCUT2D eigenvalue weighted by Gasteiger charge is 2.21. The first-order chi connectivity index (χ1) is 12.7. The Labute approximate surface area is 162 Å². The van der Waals surface area contributed by atoms with Crippen molar-refractivity contribution >= 4 is 34.3 Å². The van der Waals surface area contributed by atoms with Gasteiger partial charge in [-0.05, 0) is 50.3 Å². The van der Waals surface area contributed by atoms with E-state index in [0.29, 0.717) is 22.5 Å². The second-order valence-electron chi connectivity index (χ2n) is 6.91. The van der Waals surface area contributed by atoms with Crippen molar-refractivity contribution in [3.63, 3.8) is 0 Å². The normalized spacial score (nSPS) is 23.6. The number of hydrogen-bond acceptors (Lipinski definition) is 5. The molecule has 0 amide bonds. The van der Waals surface area contributed by atoms with Gasteiger partial charge in [-0.2, -0.15) is 0 Å². The van der Waals surface area contributed by atoms with Crippen LogP contribution < -0.4 is 5.56 Å². The molecule has 0 radical (unpaired) electrons. The van der Waals surface area contributed by atoms with Crippen molar-refractivity contribution in [2.75, 3.05) is 19.0 Å². The van der Waals surface area contributed by atoms with Crippen LogP contribution in [0.15, 0.2) is 28.2 Å². The van der Waals surface area contributed by atoms with Gasteiger partial charge in [-0.15, -0.1) is 0 Å². The Hall–Kier alpha value is -1.08. The van der Waals surface area contributed by atoms with Crippen molar-refractivity contribution in [3.8, 4) is 0 Å². The quantitative estimate of drug-likeness (QED) is 0.568. The first-order valence-corrected chi connectivity index (χ1v) is 10.6. The zero-order valence-electron chi connectivity index (χ0n) is 14.7. The van der Waals surface area contributed by atoms with Gasteiger partial charge in [0.1, 0.15) is 0 Å². The number of halogens is 1. The third-order valence-corrected chi connectivity index (χ3v) is 6.31. The van der Waals surface area contributed by atoms with Gasteiger partial charge in [0, 0.05) is 24.0 Å². The molecule has 1 aromatic heterocycles. The molecule has 2 aliphatic rings. The van der Waals surface area contributed by atoms with Crippen molar-refractivity contribution in [2.24, 2.45) is 0 Å². The average molecular weight is 395 g/mol. The molecule has 5 nitrogen and oxygen atoms in total. The van der Waals surface area contributed by atoms with E-state index in [1.165, 1.54) is 6.42 Å². The van der Waals surface area contributed by atoms with Gasteiger partial charge in [0.2, 0.25) is 0 Å². The minimum absolute atomic E-state index is 0.0192. The van der Waals surface area contributed by atoms with Gasteiger partial charge in [0.25, 0.3) is 5.56 Å². The summed E-state index contributed by atoms with van der Waals surface area (Å²) >= 11 is 7.70. The van der Waals surface area contributed by atoms with E-state index in [9.17, 15) is 4.79 Å². The van der Waals surface area contributed by atoms with Crippen LogP contribution in [0, 0.1) is 0 Å². The lowest BCUT2D eigenvalue weighted by Crippen LogP contribution is -2.29. The Balaban J connectivity index is 1.65. The van der Waals surface area contributed by atoms with E-state index in [1.807, 2.05) is 0 Å². The van der Waals surface area contributed by atoms with Gasteiger partial charge < -0.3 is 9.47 Å². The Bertz CT molecular complexity index is 829. The third kappa shape index (κ3) is 4.09. The molecule has 0 unspecified atom stereocenters. The molecule has 2 aromatic rings. The molecule has 7 heteroatoms. The average Bonchev–Trinajstić information content (AvgIpc) is 3.16. The maximum absolute atomic E-state index is 13.1. The number of fused-ring (bicyclic) bond motifs is 1. The van der Waals surface area contributed by atoms with Crippen LogP contribution in [0.2, 0.25) is 5.02 Å². The predicted octanol–water partition coefficient (Wildman–Crippen LogP) is 3.89. The summed E-state index contributed by atoms with van der Waals surface area (Å²) in [6.45, 7) is 2.15. The first kappa shape index (κ1) is 18.3. The van der Waals surface area contributed by atoms with E-state index >= 15 is 0 Å². The third-order valence-electron chi connectivity index (χ3n) is 4.96. The minimum atomic E-state index is -0.0192. The van der Waals surface area contributed by atoms with Gasteiger partial charge in [0.05, 0.1) is 29.7 Å². The summed E-state index contributed by atoms with van der Waals surface area (Å²) in [6.07, 6.45) is 5.77. The number of nitrogens with zero attached hydrogens (tertiary/aromatic N) is 2. The molecule has 3 heterocycles. The Kier molecular flexibility index (Phi) is 5.84. The second kappa shape index (κ2) is 8.30. The fourth-order valence-corrected chi connectivity index (χ4v) is 4.78. The Morgan fingerprint density at radius 2 is 1.96 bits per heavy atom. The minimum Gasteiger partial charge on any atom is -0.377 e. The Morgan fingerprint density at radius 1 is 1.15 bits per heavy atom. The van der Waals surface area contributed by atoms with Crippen molar-refractivity contribution in [3.05, 3.63) is 33.6 Å². The van der Waals surface area contributed by atoms with Gasteiger partial charge in [-0.1, -0.05) is 23.4 Å². The summed E-state index contributed by atoms with van der Waals surface area (Å²) in [7, 11) is 0. The zero-order valence-corrected chi connectivity index (χ0v) is 16.2. The molecular weight excluding hydrogens is 372 g/mol. The highest BCUT2D eigenvalue weighted by atomic mass is 35.5. The van der Waals surface area contributed by atoms with Gasteiger partial charge in [0.15, 0.2) is 5.16 Å². The number of ether oxygens (including phenoxy) is 2. The molecule has 0 bridgehead atoms. The fourth-order valence-electron chi connectivity index (χ4n) is 3.54. The number of hydrogen-bond donors (Lipinski definition) is 0. The van der Waals surface area contributed by atoms with Gasteiger partial charge in [-0.3, -0.25) is 9.36 Å². The first-order valence-electron chi connectivity index (χ1n) is 9.27. The molecule has 0 aliphatic carbocycles. The molecule has 2 atom stereocenters. The van der Waals surface area contributed by atoms with E-state index in [1.54, 1.807) is 34.5 Å². The highest BCUT2D eigenvalue weighted by molar-refractivity contribution is 7.99. The molecule has 0 spiro atoms. The molecular formula is C19H23ClN2O3S. The van der Waals surface area contributed by atoms with Crippen LogP contribution in [0.4, 0.5) is 0 Å². The van der Waals surface area contributed by atoms with Crippen molar-refractivity contribution in [2.45, 2.75) is 56.0 Å². The van der Waals surface area contributed by atoms with E-state index in [2.05, 4.69) is 0 Å². The van der Waals surface area contributed by atoms with Crippen LogP contribution >= 0.6 is 23.4 Å². The standard InChI is InChI=1S/C19H23ClN2O3S/c20-13-6-7-16-17(10-13)21-19(26-12-15-4-1-2-8-25-15)22(18(16)23)11-14-5-3-9-24-14/h6-7,10,14-15H,1-5,8-9,11-12H2/t14-,15+/m0/s1. The monoisotopic (exact) mass is 394 g/mol. The predicted molar refractivity (Wildman–Crippen MR) is 104 cm³/mol. The maximum atomic E-state index is 13.1. The fraction of sp³-hybridized carbons (Fsp3) is 0.579. The van der Waals surface area contributed by atoms with E-state index in [-0.39, 0.29) is 17.8 Å². The second-order valence-corrected chi connectivity index (χ2v) is 8.33. The molecule has 4 rings (SSSR count). The smallest absolute Gasteiger partial charge is 0.262 e. The lowest BCUT2D eigenvalue weighted by atomic mass is 10.1. The summed E-state index contributed by atoms with van der Waals surface area (Å²) in [4.78, 5) is 17.8. The number of aromatic nitrogens is 2. The molecule has 0 N–H and O–H groups in total. The van der Waals surface area contributed by atoms with E-state index < -0.39 is 0 Å². The van der Waals surface area contributed by atoms with Crippen LogP contribution in [0.1, 0.15) is 32.1 Å². The van der Waals surface area contributed by atoms with E-state index in [0.717, 1.165) is 49.8 Å². The van der Waals surface area contributed by atoms with Crippen LogP contribution in [-0.4, -0.2) is 40.7 Å².